The zero-order valence-electron chi connectivity index (χ0n) is 13.4. The average Bonchev–Trinajstić information content (AvgIpc) is 2.60. The lowest BCUT2D eigenvalue weighted by atomic mass is 9.53. The van der Waals surface area contributed by atoms with Gasteiger partial charge in [-0.05, 0) is 57.4 Å². The molecule has 1 aliphatic heterocycles. The Morgan fingerprint density at radius 1 is 1.48 bits per heavy atom. The van der Waals surface area contributed by atoms with Gasteiger partial charge in [0.15, 0.2) is 0 Å². The fraction of sp³-hybridized carbons (Fsp3) is 0.824. The molecule has 118 valence electrons. The minimum absolute atomic E-state index is 0.0701. The molecule has 1 saturated carbocycles. The molecule has 3 atom stereocenters. The molecule has 3 rings (SSSR count). The van der Waals surface area contributed by atoms with Crippen LogP contribution in [0.25, 0.3) is 0 Å². The summed E-state index contributed by atoms with van der Waals surface area (Å²) in [6, 6.07) is 0. The number of esters is 1. The van der Waals surface area contributed by atoms with Crippen LogP contribution in [-0.4, -0.2) is 31.3 Å². The van der Waals surface area contributed by atoms with E-state index in [1.165, 1.54) is 12.0 Å². The van der Waals surface area contributed by atoms with Gasteiger partial charge >= 0.3 is 5.97 Å². The highest BCUT2D eigenvalue weighted by Gasteiger charge is 2.56. The van der Waals surface area contributed by atoms with Crippen molar-refractivity contribution >= 4 is 5.97 Å². The van der Waals surface area contributed by atoms with Gasteiger partial charge in [0, 0.05) is 5.92 Å². The zero-order valence-corrected chi connectivity index (χ0v) is 13.4. The molecule has 0 spiro atoms. The molecule has 0 radical (unpaired) electrons. The molecule has 2 aliphatic carbocycles. The molecule has 0 aromatic heterocycles. The van der Waals surface area contributed by atoms with E-state index in [1.54, 1.807) is 0 Å². The summed E-state index contributed by atoms with van der Waals surface area (Å²) in [5, 5.41) is 0. The lowest BCUT2D eigenvalue weighted by Crippen LogP contribution is -2.51. The summed E-state index contributed by atoms with van der Waals surface area (Å²) < 4.78 is 10.8. The van der Waals surface area contributed by atoms with Crippen LogP contribution in [0.1, 0.15) is 40.0 Å². The second kappa shape index (κ2) is 5.10. The molecule has 2 N–H and O–H groups in total. The molecular formula is C17H27NO3. The first-order chi connectivity index (χ1) is 9.83. The number of fused-ring (bicyclic) bond motifs is 1. The molecule has 0 bridgehead atoms. The molecule has 0 unspecified atom stereocenters. The maximum absolute atomic E-state index is 12.2. The summed E-state index contributed by atoms with van der Waals surface area (Å²) in [5.41, 5.74) is 7.09. The Bertz CT molecular complexity index is 461. The van der Waals surface area contributed by atoms with Crippen molar-refractivity contribution in [3.63, 3.8) is 0 Å². The molecule has 3 aliphatic rings. The van der Waals surface area contributed by atoms with E-state index in [-0.39, 0.29) is 11.4 Å². The van der Waals surface area contributed by atoms with Crippen molar-refractivity contribution in [2.45, 2.75) is 45.6 Å². The van der Waals surface area contributed by atoms with E-state index in [9.17, 15) is 4.79 Å². The summed E-state index contributed by atoms with van der Waals surface area (Å²) >= 11 is 0. The van der Waals surface area contributed by atoms with E-state index >= 15 is 0 Å². The lowest BCUT2D eigenvalue weighted by Gasteiger charge is -2.51. The Hall–Kier alpha value is -0.870. The second-order valence-corrected chi connectivity index (χ2v) is 8.00. The molecular weight excluding hydrogens is 266 g/mol. The van der Waals surface area contributed by atoms with Gasteiger partial charge in [-0.2, -0.15) is 0 Å². The molecule has 4 nitrogen and oxygen atoms in total. The van der Waals surface area contributed by atoms with Crippen LogP contribution in [0.15, 0.2) is 11.6 Å². The molecule has 0 aromatic rings. The summed E-state index contributed by atoms with van der Waals surface area (Å²) in [6.45, 7) is 8.04. The number of carbonyl (C=O) groups is 1. The fourth-order valence-electron chi connectivity index (χ4n) is 4.14. The third-order valence-corrected chi connectivity index (χ3v) is 5.26. The number of allylic oxidation sites excluding steroid dienone is 1. The van der Waals surface area contributed by atoms with E-state index < -0.39 is 5.60 Å². The Kier molecular flexibility index (Phi) is 3.65. The van der Waals surface area contributed by atoms with Crippen LogP contribution in [0.3, 0.4) is 0 Å². The van der Waals surface area contributed by atoms with Crippen LogP contribution in [-0.2, 0) is 14.3 Å². The van der Waals surface area contributed by atoms with Crippen LogP contribution < -0.4 is 5.73 Å². The normalized spacial score (nSPS) is 35.5. The first kappa shape index (κ1) is 15.0. The minimum atomic E-state index is -0.421. The molecule has 1 saturated heterocycles. The van der Waals surface area contributed by atoms with Crippen molar-refractivity contribution in [2.75, 3.05) is 19.8 Å². The van der Waals surface area contributed by atoms with Gasteiger partial charge < -0.3 is 15.2 Å². The maximum atomic E-state index is 12.2. The summed E-state index contributed by atoms with van der Waals surface area (Å²) in [4.78, 5) is 12.2. The Balaban J connectivity index is 1.65. The van der Waals surface area contributed by atoms with Gasteiger partial charge in [0.1, 0.15) is 5.60 Å². The van der Waals surface area contributed by atoms with Crippen LogP contribution in [0.5, 0.6) is 0 Å². The van der Waals surface area contributed by atoms with Crippen molar-refractivity contribution in [2.24, 2.45) is 28.9 Å². The Morgan fingerprint density at radius 3 is 2.71 bits per heavy atom. The number of ether oxygens (including phenoxy) is 2. The summed E-state index contributed by atoms with van der Waals surface area (Å²) in [7, 11) is 0. The number of carbonyl (C=O) groups excluding carboxylic acids is 1. The minimum Gasteiger partial charge on any atom is -0.460 e. The van der Waals surface area contributed by atoms with Gasteiger partial charge in [-0.3, -0.25) is 4.79 Å². The van der Waals surface area contributed by atoms with Crippen LogP contribution in [0.4, 0.5) is 0 Å². The van der Waals surface area contributed by atoms with Crippen molar-refractivity contribution in [1.82, 2.24) is 0 Å². The monoisotopic (exact) mass is 293 g/mol. The van der Waals surface area contributed by atoms with Gasteiger partial charge in [0.25, 0.3) is 0 Å². The van der Waals surface area contributed by atoms with E-state index in [4.69, 9.17) is 15.2 Å². The molecule has 21 heavy (non-hydrogen) atoms. The van der Waals surface area contributed by atoms with Crippen molar-refractivity contribution in [3.8, 4) is 0 Å². The van der Waals surface area contributed by atoms with Gasteiger partial charge in [-0.15, -0.1) is 0 Å². The largest absolute Gasteiger partial charge is 0.460 e. The van der Waals surface area contributed by atoms with Crippen molar-refractivity contribution in [3.05, 3.63) is 11.6 Å². The van der Waals surface area contributed by atoms with Gasteiger partial charge in [0.2, 0.25) is 0 Å². The van der Waals surface area contributed by atoms with Crippen LogP contribution >= 0.6 is 0 Å². The van der Waals surface area contributed by atoms with E-state index in [0.29, 0.717) is 30.7 Å². The predicted octanol–water partition coefficient (Wildman–Crippen LogP) is 2.28. The topological polar surface area (TPSA) is 61.5 Å². The molecule has 0 aromatic carbocycles. The Morgan fingerprint density at radius 2 is 2.19 bits per heavy atom. The Labute approximate surface area is 127 Å². The smallest absolute Gasteiger partial charge is 0.306 e. The zero-order chi connectivity index (χ0) is 15.3. The highest BCUT2D eigenvalue weighted by atomic mass is 16.6. The second-order valence-electron chi connectivity index (χ2n) is 8.00. The maximum Gasteiger partial charge on any atom is 0.306 e. The SMILES string of the molecule is CC(C)(C)OC(=O)C[C@@]1(CN)C[C@H]2CC(C3COC3)=C[C@H]21. The standard InChI is InChI=1S/C17H27NO3/c1-16(2,3)21-15(19)7-17(10-18)6-12-4-11(5-14(12)17)13-8-20-9-13/h5,12-14H,4,6-10,18H2,1-3H3/t12-,14-,17-/m1/s1. The molecule has 0 amide bonds. The van der Waals surface area contributed by atoms with Gasteiger partial charge in [-0.25, -0.2) is 0 Å². The van der Waals surface area contributed by atoms with E-state index in [1.807, 2.05) is 20.8 Å². The highest BCUT2D eigenvalue weighted by Crippen LogP contribution is 2.60. The first-order valence-corrected chi connectivity index (χ1v) is 8.03. The quantitative estimate of drug-likeness (QED) is 0.638. The van der Waals surface area contributed by atoms with Gasteiger partial charge in [0.05, 0.1) is 19.6 Å². The van der Waals surface area contributed by atoms with Gasteiger partial charge in [-0.1, -0.05) is 11.6 Å². The van der Waals surface area contributed by atoms with Crippen molar-refractivity contribution in [1.29, 1.82) is 0 Å². The first-order valence-electron chi connectivity index (χ1n) is 8.03. The predicted molar refractivity (Wildman–Crippen MR) is 80.6 cm³/mol. The molecule has 1 heterocycles. The summed E-state index contributed by atoms with van der Waals surface area (Å²) in [5.74, 6) is 1.66. The third kappa shape index (κ3) is 2.76. The molecule has 4 heteroatoms. The van der Waals surface area contributed by atoms with E-state index in [2.05, 4.69) is 6.08 Å². The van der Waals surface area contributed by atoms with E-state index in [0.717, 1.165) is 19.6 Å². The molecule has 2 fully saturated rings. The lowest BCUT2D eigenvalue weighted by molar-refractivity contribution is -0.162. The number of hydrogen-bond donors (Lipinski definition) is 1. The number of rotatable bonds is 4. The third-order valence-electron chi connectivity index (χ3n) is 5.26. The highest BCUT2D eigenvalue weighted by molar-refractivity contribution is 5.71. The van der Waals surface area contributed by atoms with Crippen LogP contribution in [0.2, 0.25) is 0 Å². The number of nitrogens with two attached hydrogens (primary N) is 1. The fourth-order valence-corrected chi connectivity index (χ4v) is 4.14. The van der Waals surface area contributed by atoms with Crippen molar-refractivity contribution < 1.29 is 14.3 Å². The average molecular weight is 293 g/mol. The summed E-state index contributed by atoms with van der Waals surface area (Å²) in [6.07, 6.45) is 5.08. The number of hydrogen-bond acceptors (Lipinski definition) is 4. The van der Waals surface area contributed by atoms with Crippen LogP contribution in [0, 0.1) is 23.2 Å².